The average Bonchev–Trinajstić information content (AvgIpc) is 2.07. The first kappa shape index (κ1) is 7.54. The first-order chi connectivity index (χ1) is 4.58. The summed E-state index contributed by atoms with van der Waals surface area (Å²) in [5.41, 5.74) is 0.617. The summed E-state index contributed by atoms with van der Waals surface area (Å²) in [4.78, 5) is 5.12. The maximum absolute atomic E-state index is 5.18. The Morgan fingerprint density at radius 3 is 2.40 bits per heavy atom. The highest BCUT2D eigenvalue weighted by molar-refractivity contribution is 5.88. The van der Waals surface area contributed by atoms with Crippen molar-refractivity contribution in [2.45, 2.75) is 32.5 Å². The minimum Gasteiger partial charge on any atom is -0.387 e. The van der Waals surface area contributed by atoms with Gasteiger partial charge in [-0.3, -0.25) is 0 Å². The molecule has 1 rings (SSSR count). The number of oxime groups is 1. The van der Waals surface area contributed by atoms with E-state index in [0.29, 0.717) is 0 Å². The first-order valence-electron chi connectivity index (χ1n) is 3.33. The predicted octanol–water partition coefficient (Wildman–Crippen LogP) is 1.19. The molecular weight excluding hydrogens is 130 g/mol. The minimum absolute atomic E-state index is 0.00694. The fourth-order valence-electron chi connectivity index (χ4n) is 1.24. The minimum atomic E-state index is -0.293. The quantitative estimate of drug-likeness (QED) is 0.552. The number of hydrogen-bond donors (Lipinski definition) is 0. The van der Waals surface area contributed by atoms with Crippen LogP contribution in [0.1, 0.15) is 20.8 Å². The number of ether oxygens (including phenoxy) is 1. The molecule has 0 aromatic carbocycles. The van der Waals surface area contributed by atoms with Crippen LogP contribution in [-0.4, -0.2) is 24.5 Å². The van der Waals surface area contributed by atoms with Gasteiger partial charge < -0.3 is 9.57 Å². The van der Waals surface area contributed by atoms with Gasteiger partial charge in [-0.1, -0.05) is 5.16 Å². The Kier molecular flexibility index (Phi) is 1.68. The lowest BCUT2D eigenvalue weighted by Crippen LogP contribution is -2.38. The van der Waals surface area contributed by atoms with E-state index in [2.05, 4.69) is 5.16 Å². The number of methoxy groups -OCH3 is 1. The van der Waals surface area contributed by atoms with Crippen LogP contribution in [0.4, 0.5) is 0 Å². The maximum atomic E-state index is 5.18. The van der Waals surface area contributed by atoms with Gasteiger partial charge in [-0.05, 0) is 20.8 Å². The molecule has 1 aliphatic heterocycles. The van der Waals surface area contributed by atoms with E-state index >= 15 is 0 Å². The Morgan fingerprint density at radius 2 is 2.20 bits per heavy atom. The van der Waals surface area contributed by atoms with Gasteiger partial charge in [0, 0.05) is 7.11 Å². The number of rotatable bonds is 1. The summed E-state index contributed by atoms with van der Waals surface area (Å²) in [6.45, 7) is 5.82. The van der Waals surface area contributed by atoms with Gasteiger partial charge in [0.1, 0.15) is 6.10 Å². The molecule has 0 N–H and O–H groups in total. The zero-order valence-electron chi connectivity index (χ0n) is 6.84. The molecule has 3 nitrogen and oxygen atoms in total. The van der Waals surface area contributed by atoms with Crippen molar-refractivity contribution >= 4 is 5.71 Å². The lowest BCUT2D eigenvalue weighted by Gasteiger charge is -2.22. The largest absolute Gasteiger partial charge is 0.387 e. The van der Waals surface area contributed by atoms with Crippen LogP contribution in [0.5, 0.6) is 0 Å². The zero-order valence-corrected chi connectivity index (χ0v) is 6.84. The highest BCUT2D eigenvalue weighted by Crippen LogP contribution is 2.24. The highest BCUT2D eigenvalue weighted by atomic mass is 16.7. The third-order valence-corrected chi connectivity index (χ3v) is 1.67. The SMILES string of the molecule is COC1C(C)=NOC1(C)C. The molecule has 0 aromatic rings. The van der Waals surface area contributed by atoms with Crippen molar-refractivity contribution in [3.63, 3.8) is 0 Å². The molecule has 1 atom stereocenters. The Balaban J connectivity index is 2.73. The van der Waals surface area contributed by atoms with Crippen LogP contribution in [0.2, 0.25) is 0 Å². The van der Waals surface area contributed by atoms with Gasteiger partial charge in [-0.25, -0.2) is 0 Å². The van der Waals surface area contributed by atoms with Crippen LogP contribution < -0.4 is 0 Å². The fourth-order valence-corrected chi connectivity index (χ4v) is 1.24. The summed E-state index contributed by atoms with van der Waals surface area (Å²) in [6.07, 6.45) is 0.00694. The van der Waals surface area contributed by atoms with Gasteiger partial charge in [0.15, 0.2) is 5.60 Å². The van der Waals surface area contributed by atoms with Crippen molar-refractivity contribution in [3.8, 4) is 0 Å². The lowest BCUT2D eigenvalue weighted by molar-refractivity contribution is -0.0614. The summed E-state index contributed by atoms with van der Waals surface area (Å²) in [7, 11) is 1.67. The van der Waals surface area contributed by atoms with Crippen molar-refractivity contribution in [2.24, 2.45) is 5.16 Å². The standard InChI is InChI=1S/C7H13NO2/c1-5-6(9-4)7(2,3)10-8-5/h6H,1-4H3. The number of nitrogens with zero attached hydrogens (tertiary/aromatic N) is 1. The van der Waals surface area contributed by atoms with Gasteiger partial charge in [0.05, 0.1) is 5.71 Å². The molecule has 0 aromatic heterocycles. The normalized spacial score (nSPS) is 29.6. The molecule has 3 heteroatoms. The molecule has 0 aliphatic carbocycles. The molecule has 0 saturated heterocycles. The third-order valence-electron chi connectivity index (χ3n) is 1.67. The molecule has 10 heavy (non-hydrogen) atoms. The maximum Gasteiger partial charge on any atom is 0.163 e. The van der Waals surface area contributed by atoms with Crippen LogP contribution in [0.15, 0.2) is 5.16 Å². The summed E-state index contributed by atoms with van der Waals surface area (Å²) in [5.74, 6) is 0. The van der Waals surface area contributed by atoms with Crippen LogP contribution in [-0.2, 0) is 9.57 Å². The Bertz CT molecular complexity index is 163. The summed E-state index contributed by atoms with van der Waals surface area (Å²) < 4.78 is 5.18. The van der Waals surface area contributed by atoms with E-state index in [1.165, 1.54) is 0 Å². The van der Waals surface area contributed by atoms with Crippen LogP contribution in [0.3, 0.4) is 0 Å². The van der Waals surface area contributed by atoms with Crippen LogP contribution in [0, 0.1) is 0 Å². The van der Waals surface area contributed by atoms with E-state index in [1.807, 2.05) is 20.8 Å². The van der Waals surface area contributed by atoms with E-state index in [0.717, 1.165) is 5.71 Å². The van der Waals surface area contributed by atoms with Crippen LogP contribution in [0.25, 0.3) is 0 Å². The Hall–Kier alpha value is -0.570. The van der Waals surface area contributed by atoms with E-state index in [-0.39, 0.29) is 11.7 Å². The topological polar surface area (TPSA) is 30.8 Å². The molecule has 58 valence electrons. The molecule has 1 heterocycles. The summed E-state index contributed by atoms with van der Waals surface area (Å²) >= 11 is 0. The molecule has 0 spiro atoms. The van der Waals surface area contributed by atoms with E-state index in [4.69, 9.17) is 9.57 Å². The second-order valence-corrected chi connectivity index (χ2v) is 3.04. The number of hydrogen-bond acceptors (Lipinski definition) is 3. The molecule has 0 bridgehead atoms. The highest BCUT2D eigenvalue weighted by Gasteiger charge is 2.39. The second-order valence-electron chi connectivity index (χ2n) is 3.04. The van der Waals surface area contributed by atoms with Gasteiger partial charge in [-0.2, -0.15) is 0 Å². The van der Waals surface area contributed by atoms with Crippen molar-refractivity contribution < 1.29 is 9.57 Å². The molecule has 1 unspecified atom stereocenters. The van der Waals surface area contributed by atoms with Gasteiger partial charge in [0.25, 0.3) is 0 Å². The van der Waals surface area contributed by atoms with Crippen LogP contribution >= 0.6 is 0 Å². The van der Waals surface area contributed by atoms with Gasteiger partial charge >= 0.3 is 0 Å². The summed E-state index contributed by atoms with van der Waals surface area (Å²) in [6, 6.07) is 0. The molecule has 0 fully saturated rings. The van der Waals surface area contributed by atoms with Crippen molar-refractivity contribution in [3.05, 3.63) is 0 Å². The second kappa shape index (κ2) is 2.23. The predicted molar refractivity (Wildman–Crippen MR) is 39.1 cm³/mol. The Labute approximate surface area is 61.0 Å². The molecule has 0 saturated carbocycles. The smallest absolute Gasteiger partial charge is 0.163 e. The van der Waals surface area contributed by atoms with E-state index in [9.17, 15) is 0 Å². The van der Waals surface area contributed by atoms with Gasteiger partial charge in [-0.15, -0.1) is 0 Å². The monoisotopic (exact) mass is 143 g/mol. The lowest BCUT2D eigenvalue weighted by atomic mass is 9.99. The molecule has 0 amide bonds. The molecule has 1 aliphatic rings. The first-order valence-corrected chi connectivity index (χ1v) is 3.33. The molecule has 0 radical (unpaired) electrons. The van der Waals surface area contributed by atoms with E-state index in [1.54, 1.807) is 7.11 Å². The van der Waals surface area contributed by atoms with E-state index < -0.39 is 0 Å². The van der Waals surface area contributed by atoms with Crippen molar-refractivity contribution in [2.75, 3.05) is 7.11 Å². The zero-order chi connectivity index (χ0) is 7.78. The third kappa shape index (κ3) is 1.01. The van der Waals surface area contributed by atoms with Gasteiger partial charge in [0.2, 0.25) is 0 Å². The van der Waals surface area contributed by atoms with Crippen molar-refractivity contribution in [1.82, 2.24) is 0 Å². The average molecular weight is 143 g/mol. The molecular formula is C7H13NO2. The van der Waals surface area contributed by atoms with Crippen molar-refractivity contribution in [1.29, 1.82) is 0 Å². The Morgan fingerprint density at radius 1 is 1.60 bits per heavy atom. The fraction of sp³-hybridized carbons (Fsp3) is 0.857. The summed E-state index contributed by atoms with van der Waals surface area (Å²) in [5, 5.41) is 3.83.